The van der Waals surface area contributed by atoms with Crippen LogP contribution in [-0.2, 0) is 6.54 Å². The van der Waals surface area contributed by atoms with Gasteiger partial charge in [-0.3, -0.25) is 0 Å². The van der Waals surface area contributed by atoms with E-state index >= 15 is 0 Å². The molecule has 0 radical (unpaired) electrons. The summed E-state index contributed by atoms with van der Waals surface area (Å²) in [6, 6.07) is 15.7. The molecule has 8 nitrogen and oxygen atoms in total. The summed E-state index contributed by atoms with van der Waals surface area (Å²) in [6.45, 7) is 0.446. The van der Waals surface area contributed by atoms with Gasteiger partial charge < -0.3 is 4.74 Å². The van der Waals surface area contributed by atoms with E-state index in [1.54, 1.807) is 16.3 Å². The molecule has 0 aliphatic rings. The van der Waals surface area contributed by atoms with Crippen LogP contribution in [0.25, 0.3) is 28.1 Å². The Balaban J connectivity index is 1.45. The predicted octanol–water partition coefficient (Wildman–Crippen LogP) is 3.16. The van der Waals surface area contributed by atoms with E-state index in [2.05, 4.69) is 25.6 Å². The van der Waals surface area contributed by atoms with E-state index in [1.807, 2.05) is 60.7 Å². The van der Waals surface area contributed by atoms with Crippen LogP contribution < -0.4 is 4.74 Å². The fourth-order valence-corrected chi connectivity index (χ4v) is 3.73. The fraction of sp³-hybridized carbons (Fsp3) is 0.105. The van der Waals surface area contributed by atoms with E-state index in [0.29, 0.717) is 12.4 Å². The molecule has 0 amide bonds. The van der Waals surface area contributed by atoms with Gasteiger partial charge >= 0.3 is 0 Å². The topological polar surface area (TPSA) is 83.0 Å². The van der Waals surface area contributed by atoms with Crippen LogP contribution in [0.15, 0.2) is 48.5 Å². The molecule has 28 heavy (non-hydrogen) atoms. The van der Waals surface area contributed by atoms with Crippen molar-refractivity contribution in [3.63, 3.8) is 0 Å². The molecule has 0 atom stereocenters. The van der Waals surface area contributed by atoms with E-state index < -0.39 is 0 Å². The Hall–Kier alpha value is -3.59. The van der Waals surface area contributed by atoms with Gasteiger partial charge in [0.1, 0.15) is 22.8 Å². The van der Waals surface area contributed by atoms with Crippen molar-refractivity contribution in [1.82, 2.24) is 34.8 Å². The van der Waals surface area contributed by atoms with Gasteiger partial charge in [0, 0.05) is 5.56 Å². The highest BCUT2D eigenvalue weighted by Crippen LogP contribution is 2.22. The predicted molar refractivity (Wildman–Crippen MR) is 107 cm³/mol. The first kappa shape index (κ1) is 16.6. The lowest BCUT2D eigenvalue weighted by atomic mass is 10.2. The molecule has 138 valence electrons. The molecular formula is C19H15N7OS. The van der Waals surface area contributed by atoms with Crippen LogP contribution in [0.5, 0.6) is 5.75 Å². The van der Waals surface area contributed by atoms with Gasteiger partial charge in [0.15, 0.2) is 5.82 Å². The molecule has 0 aliphatic carbocycles. The minimum Gasteiger partial charge on any atom is -0.496 e. The largest absolute Gasteiger partial charge is 0.496 e. The molecule has 5 aromatic rings. The lowest BCUT2D eigenvalue weighted by Gasteiger charge is -2.02. The van der Waals surface area contributed by atoms with Crippen molar-refractivity contribution in [3.05, 3.63) is 64.9 Å². The zero-order valence-electron chi connectivity index (χ0n) is 14.9. The average molecular weight is 389 g/mol. The van der Waals surface area contributed by atoms with Crippen molar-refractivity contribution in [3.8, 4) is 5.75 Å². The summed E-state index contributed by atoms with van der Waals surface area (Å²) in [7, 11) is 1.66. The summed E-state index contributed by atoms with van der Waals surface area (Å²) in [6.07, 6.45) is 3.93. The maximum atomic E-state index is 5.38. The summed E-state index contributed by atoms with van der Waals surface area (Å²) in [5.41, 5.74) is 2.79. The molecule has 2 aromatic carbocycles. The molecule has 0 unspecified atom stereocenters. The van der Waals surface area contributed by atoms with Gasteiger partial charge in [-0.25, -0.2) is 4.68 Å². The van der Waals surface area contributed by atoms with Crippen molar-refractivity contribution in [2.45, 2.75) is 6.54 Å². The quantitative estimate of drug-likeness (QED) is 0.459. The molecule has 0 saturated carbocycles. The van der Waals surface area contributed by atoms with E-state index in [1.165, 1.54) is 11.3 Å². The van der Waals surface area contributed by atoms with Crippen molar-refractivity contribution >= 4 is 39.5 Å². The monoisotopic (exact) mass is 389 g/mol. The summed E-state index contributed by atoms with van der Waals surface area (Å²) < 4.78 is 8.93. The SMILES string of the molecule is COc1ccccc1C=Cc1nn2c(Cn3nnc4ccccc43)nnc2s1. The molecular weight excluding hydrogens is 374 g/mol. The summed E-state index contributed by atoms with van der Waals surface area (Å²) in [4.78, 5) is 0.735. The van der Waals surface area contributed by atoms with Crippen LogP contribution in [0, 0.1) is 0 Å². The van der Waals surface area contributed by atoms with Gasteiger partial charge in [0.25, 0.3) is 0 Å². The molecule has 5 rings (SSSR count). The number of para-hydroxylation sites is 2. The highest BCUT2D eigenvalue weighted by molar-refractivity contribution is 7.17. The van der Waals surface area contributed by atoms with Gasteiger partial charge in [0.05, 0.1) is 12.6 Å². The number of ether oxygens (including phenoxy) is 1. The molecule has 9 heteroatoms. The fourth-order valence-electron chi connectivity index (χ4n) is 2.97. The molecule has 0 fully saturated rings. The number of benzene rings is 2. The number of hydrogen-bond donors (Lipinski definition) is 0. The van der Waals surface area contributed by atoms with E-state index in [4.69, 9.17) is 4.74 Å². The van der Waals surface area contributed by atoms with Gasteiger partial charge in [-0.15, -0.1) is 15.3 Å². The molecule has 3 heterocycles. The van der Waals surface area contributed by atoms with Crippen LogP contribution in [0.1, 0.15) is 16.4 Å². The maximum absolute atomic E-state index is 5.38. The second-order valence-electron chi connectivity index (χ2n) is 6.06. The molecule has 0 spiro atoms. The van der Waals surface area contributed by atoms with Crippen molar-refractivity contribution in [2.75, 3.05) is 7.11 Å². The first-order valence-corrected chi connectivity index (χ1v) is 9.44. The number of fused-ring (bicyclic) bond motifs is 2. The van der Waals surface area contributed by atoms with Crippen LogP contribution in [0.4, 0.5) is 0 Å². The van der Waals surface area contributed by atoms with Crippen molar-refractivity contribution < 1.29 is 4.74 Å². The lowest BCUT2D eigenvalue weighted by molar-refractivity contribution is 0.414. The Morgan fingerprint density at radius 2 is 1.86 bits per heavy atom. The van der Waals surface area contributed by atoms with Gasteiger partial charge in [-0.05, 0) is 30.4 Å². The minimum absolute atomic E-state index is 0.446. The summed E-state index contributed by atoms with van der Waals surface area (Å²) >= 11 is 1.47. The normalized spacial score (nSPS) is 11.8. The van der Waals surface area contributed by atoms with Crippen LogP contribution in [-0.4, -0.2) is 41.9 Å². The smallest absolute Gasteiger partial charge is 0.235 e. The molecule has 0 bridgehead atoms. The second kappa shape index (κ2) is 6.86. The zero-order valence-corrected chi connectivity index (χ0v) is 15.7. The van der Waals surface area contributed by atoms with Crippen LogP contribution in [0.3, 0.4) is 0 Å². The Bertz CT molecular complexity index is 1300. The third-order valence-electron chi connectivity index (χ3n) is 4.33. The van der Waals surface area contributed by atoms with Crippen LogP contribution in [0.2, 0.25) is 0 Å². The third kappa shape index (κ3) is 2.91. The molecule has 3 aromatic heterocycles. The average Bonchev–Trinajstić information content (AvgIpc) is 3.43. The lowest BCUT2D eigenvalue weighted by Crippen LogP contribution is -2.06. The Morgan fingerprint density at radius 3 is 2.79 bits per heavy atom. The molecule has 0 aliphatic heterocycles. The first-order valence-electron chi connectivity index (χ1n) is 8.62. The first-order chi connectivity index (χ1) is 13.8. The van der Waals surface area contributed by atoms with E-state index in [0.717, 1.165) is 32.3 Å². The van der Waals surface area contributed by atoms with Crippen molar-refractivity contribution in [2.24, 2.45) is 0 Å². The summed E-state index contributed by atoms with van der Waals surface area (Å²) in [5.74, 6) is 1.53. The Morgan fingerprint density at radius 1 is 1.00 bits per heavy atom. The number of aromatic nitrogens is 7. The summed E-state index contributed by atoms with van der Waals surface area (Å²) in [5, 5.41) is 22.3. The third-order valence-corrected chi connectivity index (χ3v) is 5.19. The van der Waals surface area contributed by atoms with Crippen molar-refractivity contribution in [1.29, 1.82) is 0 Å². The Kier molecular flexibility index (Phi) is 4.06. The maximum Gasteiger partial charge on any atom is 0.235 e. The number of nitrogens with zero attached hydrogens (tertiary/aromatic N) is 7. The van der Waals surface area contributed by atoms with Gasteiger partial charge in [-0.2, -0.15) is 9.61 Å². The van der Waals surface area contributed by atoms with E-state index in [-0.39, 0.29) is 0 Å². The minimum atomic E-state index is 0.446. The molecule has 0 saturated heterocycles. The van der Waals surface area contributed by atoms with Crippen LogP contribution >= 0.6 is 11.3 Å². The number of methoxy groups -OCH3 is 1. The van der Waals surface area contributed by atoms with Gasteiger partial charge in [-0.1, -0.05) is 46.9 Å². The number of rotatable bonds is 5. The highest BCUT2D eigenvalue weighted by atomic mass is 32.1. The second-order valence-corrected chi connectivity index (χ2v) is 7.05. The highest BCUT2D eigenvalue weighted by Gasteiger charge is 2.13. The van der Waals surface area contributed by atoms with Gasteiger partial charge in [0.2, 0.25) is 4.96 Å². The number of hydrogen-bond acceptors (Lipinski definition) is 7. The standard InChI is InChI=1S/C19H15N7OS/c1-27-16-9-5-2-6-13(16)10-11-18-23-26-17(21-22-19(26)28-18)12-25-15-8-4-3-7-14(15)20-24-25/h2-11H,12H2,1H3. The Labute approximate surface area is 163 Å². The zero-order chi connectivity index (χ0) is 18.9. The molecule has 0 N–H and O–H groups in total. The van der Waals surface area contributed by atoms with E-state index in [9.17, 15) is 0 Å².